The van der Waals surface area contributed by atoms with Crippen LogP contribution in [0.3, 0.4) is 0 Å². The molecule has 32 heavy (non-hydrogen) atoms. The van der Waals surface area contributed by atoms with E-state index in [1.54, 1.807) is 6.92 Å². The minimum absolute atomic E-state index is 0.141. The molecule has 1 atom stereocenters. The first-order chi connectivity index (χ1) is 15.4. The number of fused-ring (bicyclic) bond motifs is 1. The van der Waals surface area contributed by atoms with Crippen molar-refractivity contribution < 1.29 is 19.1 Å². The van der Waals surface area contributed by atoms with E-state index in [2.05, 4.69) is 10.6 Å². The van der Waals surface area contributed by atoms with Crippen molar-refractivity contribution in [2.24, 2.45) is 0 Å². The number of anilines is 2. The SMILES string of the molecule is CCOC(=O)c1c(NC(=O)C(C)Sc2cccc(NC(C)=O)c2)sc2c1CCCCCC2. The van der Waals surface area contributed by atoms with Gasteiger partial charge in [0.25, 0.3) is 0 Å². The van der Waals surface area contributed by atoms with Crippen molar-refractivity contribution in [1.82, 2.24) is 0 Å². The molecular weight excluding hydrogens is 444 g/mol. The zero-order chi connectivity index (χ0) is 23.1. The maximum Gasteiger partial charge on any atom is 0.341 e. The molecule has 1 unspecified atom stereocenters. The van der Waals surface area contributed by atoms with Crippen LogP contribution in [0.2, 0.25) is 0 Å². The van der Waals surface area contributed by atoms with Crippen LogP contribution in [-0.2, 0) is 27.2 Å². The van der Waals surface area contributed by atoms with Crippen molar-refractivity contribution >= 4 is 51.6 Å². The Labute approximate surface area is 197 Å². The number of benzene rings is 1. The van der Waals surface area contributed by atoms with Gasteiger partial charge in [-0.15, -0.1) is 23.1 Å². The van der Waals surface area contributed by atoms with Crippen molar-refractivity contribution in [3.8, 4) is 0 Å². The highest BCUT2D eigenvalue weighted by Crippen LogP contribution is 2.38. The Bertz CT molecular complexity index is 986. The van der Waals surface area contributed by atoms with Crippen molar-refractivity contribution in [2.75, 3.05) is 17.2 Å². The van der Waals surface area contributed by atoms with Gasteiger partial charge in [0, 0.05) is 22.4 Å². The van der Waals surface area contributed by atoms with Crippen LogP contribution in [0, 0.1) is 0 Å². The first-order valence-electron chi connectivity index (χ1n) is 11.1. The van der Waals surface area contributed by atoms with Crippen LogP contribution in [0.15, 0.2) is 29.2 Å². The van der Waals surface area contributed by atoms with E-state index >= 15 is 0 Å². The Kier molecular flexibility index (Phi) is 8.75. The topological polar surface area (TPSA) is 84.5 Å². The first-order valence-corrected chi connectivity index (χ1v) is 12.8. The molecule has 1 heterocycles. The van der Waals surface area contributed by atoms with Crippen molar-refractivity contribution in [2.45, 2.75) is 69.4 Å². The molecule has 0 saturated heterocycles. The number of ether oxygens (including phenoxy) is 1. The van der Waals surface area contributed by atoms with Crippen molar-refractivity contribution in [3.63, 3.8) is 0 Å². The third-order valence-corrected chi connectivity index (χ3v) is 7.53. The van der Waals surface area contributed by atoms with Gasteiger partial charge in [-0.3, -0.25) is 9.59 Å². The maximum absolute atomic E-state index is 13.0. The molecule has 1 aliphatic rings. The van der Waals surface area contributed by atoms with Gasteiger partial charge in [-0.2, -0.15) is 0 Å². The highest BCUT2D eigenvalue weighted by Gasteiger charge is 2.27. The number of carbonyl (C=O) groups excluding carboxylic acids is 3. The lowest BCUT2D eigenvalue weighted by atomic mass is 9.96. The largest absolute Gasteiger partial charge is 0.462 e. The van der Waals surface area contributed by atoms with Gasteiger partial charge in [-0.25, -0.2) is 4.79 Å². The van der Waals surface area contributed by atoms with E-state index in [-0.39, 0.29) is 23.0 Å². The number of carbonyl (C=O) groups is 3. The monoisotopic (exact) mass is 474 g/mol. The summed E-state index contributed by atoms with van der Waals surface area (Å²) in [4.78, 5) is 39.1. The van der Waals surface area contributed by atoms with E-state index in [1.165, 1.54) is 41.3 Å². The van der Waals surface area contributed by atoms with Crippen LogP contribution in [0.4, 0.5) is 10.7 Å². The van der Waals surface area contributed by atoms with Crippen LogP contribution < -0.4 is 10.6 Å². The van der Waals surface area contributed by atoms with E-state index in [9.17, 15) is 14.4 Å². The fraction of sp³-hybridized carbons (Fsp3) is 0.458. The summed E-state index contributed by atoms with van der Waals surface area (Å²) in [7, 11) is 0. The molecule has 6 nitrogen and oxygen atoms in total. The van der Waals surface area contributed by atoms with Gasteiger partial charge in [-0.1, -0.05) is 18.9 Å². The molecule has 3 rings (SSSR count). The van der Waals surface area contributed by atoms with Crippen LogP contribution in [0.5, 0.6) is 0 Å². The summed E-state index contributed by atoms with van der Waals surface area (Å²) in [6, 6.07) is 7.40. The number of nitrogens with one attached hydrogen (secondary N) is 2. The molecule has 2 N–H and O–H groups in total. The van der Waals surface area contributed by atoms with Crippen LogP contribution in [0.25, 0.3) is 0 Å². The molecule has 172 valence electrons. The Morgan fingerprint density at radius 1 is 1.12 bits per heavy atom. The number of esters is 1. The fourth-order valence-electron chi connectivity index (χ4n) is 3.75. The number of aryl methyl sites for hydroxylation is 1. The molecular formula is C24H30N2O4S2. The molecule has 1 aromatic heterocycles. The summed E-state index contributed by atoms with van der Waals surface area (Å²) < 4.78 is 5.32. The molecule has 0 fully saturated rings. The van der Waals surface area contributed by atoms with Crippen LogP contribution in [0.1, 0.15) is 67.3 Å². The quantitative estimate of drug-likeness (QED) is 0.399. The van der Waals surface area contributed by atoms with E-state index in [0.717, 1.165) is 42.6 Å². The van der Waals surface area contributed by atoms with Crippen molar-refractivity contribution in [1.29, 1.82) is 0 Å². The molecule has 1 aliphatic carbocycles. The lowest BCUT2D eigenvalue weighted by Crippen LogP contribution is -2.23. The first kappa shape index (κ1) is 24.3. The highest BCUT2D eigenvalue weighted by molar-refractivity contribution is 8.00. The van der Waals surface area contributed by atoms with Gasteiger partial charge in [0.05, 0.1) is 17.4 Å². The van der Waals surface area contributed by atoms with Gasteiger partial charge in [-0.05, 0) is 63.3 Å². The lowest BCUT2D eigenvalue weighted by molar-refractivity contribution is -0.115. The summed E-state index contributed by atoms with van der Waals surface area (Å²) in [5.41, 5.74) is 2.27. The molecule has 2 amide bonds. The summed E-state index contributed by atoms with van der Waals surface area (Å²) in [5, 5.41) is 5.97. The van der Waals surface area contributed by atoms with Crippen molar-refractivity contribution in [3.05, 3.63) is 40.3 Å². The average molecular weight is 475 g/mol. The van der Waals surface area contributed by atoms with E-state index in [1.807, 2.05) is 31.2 Å². The number of thiophene rings is 1. The predicted octanol–water partition coefficient (Wildman–Crippen LogP) is 5.66. The van der Waals surface area contributed by atoms with Gasteiger partial charge >= 0.3 is 5.97 Å². The second kappa shape index (κ2) is 11.5. The third kappa shape index (κ3) is 6.36. The number of hydrogen-bond donors (Lipinski definition) is 2. The summed E-state index contributed by atoms with van der Waals surface area (Å²) in [6.07, 6.45) is 6.27. The zero-order valence-corrected chi connectivity index (χ0v) is 20.4. The Hall–Kier alpha value is -2.32. The Morgan fingerprint density at radius 3 is 2.59 bits per heavy atom. The lowest BCUT2D eigenvalue weighted by Gasteiger charge is -2.14. The molecule has 2 aromatic rings. The fourth-order valence-corrected chi connectivity index (χ4v) is 5.95. The normalized spacial score (nSPS) is 14.5. The predicted molar refractivity (Wildman–Crippen MR) is 131 cm³/mol. The molecule has 0 radical (unpaired) electrons. The van der Waals surface area contributed by atoms with E-state index < -0.39 is 0 Å². The summed E-state index contributed by atoms with van der Waals surface area (Å²) in [5.74, 6) is -0.665. The molecule has 8 heteroatoms. The second-order valence-electron chi connectivity index (χ2n) is 7.80. The maximum atomic E-state index is 13.0. The minimum Gasteiger partial charge on any atom is -0.462 e. The molecule has 0 spiro atoms. The number of hydrogen-bond acceptors (Lipinski definition) is 6. The van der Waals surface area contributed by atoms with Gasteiger partial charge < -0.3 is 15.4 Å². The van der Waals surface area contributed by atoms with E-state index in [4.69, 9.17) is 4.74 Å². The molecule has 1 aromatic carbocycles. The van der Waals surface area contributed by atoms with Gasteiger partial charge in [0.15, 0.2) is 0 Å². The highest BCUT2D eigenvalue weighted by atomic mass is 32.2. The Morgan fingerprint density at radius 2 is 1.88 bits per heavy atom. The zero-order valence-electron chi connectivity index (χ0n) is 18.8. The van der Waals surface area contributed by atoms with Gasteiger partial charge in [0.1, 0.15) is 5.00 Å². The summed E-state index contributed by atoms with van der Waals surface area (Å²) >= 11 is 2.91. The summed E-state index contributed by atoms with van der Waals surface area (Å²) in [6.45, 7) is 5.38. The minimum atomic E-state index is -0.387. The number of rotatable bonds is 7. The van der Waals surface area contributed by atoms with Crippen LogP contribution >= 0.6 is 23.1 Å². The average Bonchev–Trinajstić information content (AvgIpc) is 3.04. The van der Waals surface area contributed by atoms with Gasteiger partial charge in [0.2, 0.25) is 11.8 Å². The second-order valence-corrected chi connectivity index (χ2v) is 10.3. The standard InChI is InChI=1S/C24H30N2O4S2/c1-4-30-24(29)21-19-12-7-5-6-8-13-20(19)32-23(21)26-22(28)15(2)31-18-11-9-10-17(14-18)25-16(3)27/h9-11,14-15H,4-8,12-13H2,1-3H3,(H,25,27)(H,26,28). The molecule has 0 saturated carbocycles. The third-order valence-electron chi connectivity index (χ3n) is 5.22. The van der Waals surface area contributed by atoms with Crippen LogP contribution in [-0.4, -0.2) is 29.6 Å². The Balaban J connectivity index is 1.78. The molecule has 0 bridgehead atoms. The number of amides is 2. The molecule has 0 aliphatic heterocycles. The van der Waals surface area contributed by atoms with E-state index in [0.29, 0.717) is 22.9 Å². The smallest absolute Gasteiger partial charge is 0.341 e. The number of thioether (sulfide) groups is 1.